The third kappa shape index (κ3) is 5.34. The van der Waals surface area contributed by atoms with E-state index in [0.717, 1.165) is 64.5 Å². The van der Waals surface area contributed by atoms with Crippen molar-refractivity contribution in [3.8, 4) is 0 Å². The summed E-state index contributed by atoms with van der Waals surface area (Å²) in [7, 11) is 0. The van der Waals surface area contributed by atoms with E-state index in [9.17, 15) is 4.79 Å². The maximum atomic E-state index is 12.8. The molecule has 30 heavy (non-hydrogen) atoms. The van der Waals surface area contributed by atoms with Crippen molar-refractivity contribution in [2.75, 3.05) is 52.5 Å². The predicted molar refractivity (Wildman–Crippen MR) is 119 cm³/mol. The molecular weight excluding hydrogens is 376 g/mol. The molecule has 4 rings (SSSR count). The Bertz CT molecular complexity index is 718. The first-order valence-corrected chi connectivity index (χ1v) is 11.6. The van der Waals surface area contributed by atoms with Crippen molar-refractivity contribution in [2.45, 2.75) is 39.0 Å². The molecule has 3 fully saturated rings. The van der Waals surface area contributed by atoms with Gasteiger partial charge >= 0.3 is 0 Å². The number of nitrogens with one attached hydrogen (secondary N) is 1. The second-order valence-corrected chi connectivity index (χ2v) is 9.03. The number of hydrogen-bond donors (Lipinski definition) is 1. The van der Waals surface area contributed by atoms with E-state index in [4.69, 9.17) is 9.73 Å². The fourth-order valence-corrected chi connectivity index (χ4v) is 4.65. The van der Waals surface area contributed by atoms with E-state index in [0.29, 0.717) is 24.5 Å². The molecule has 2 heterocycles. The molecular formula is C24H36N4O2. The highest BCUT2D eigenvalue weighted by atomic mass is 16.5. The molecule has 1 saturated carbocycles. The number of likely N-dealkylation sites (tertiary alicyclic amines) is 1. The molecule has 1 amide bonds. The molecule has 3 aliphatic rings. The maximum absolute atomic E-state index is 12.8. The number of carbonyl (C=O) groups excluding carboxylic acids is 1. The van der Waals surface area contributed by atoms with Gasteiger partial charge in [0.25, 0.3) is 0 Å². The van der Waals surface area contributed by atoms with Crippen LogP contribution in [0.15, 0.2) is 35.3 Å². The van der Waals surface area contributed by atoms with E-state index in [-0.39, 0.29) is 5.92 Å². The molecule has 0 spiro atoms. The average molecular weight is 413 g/mol. The van der Waals surface area contributed by atoms with E-state index < -0.39 is 0 Å². The summed E-state index contributed by atoms with van der Waals surface area (Å²) in [6.07, 6.45) is 5.47. The van der Waals surface area contributed by atoms with Gasteiger partial charge in [0.2, 0.25) is 5.91 Å². The van der Waals surface area contributed by atoms with Gasteiger partial charge in [0.05, 0.1) is 13.2 Å². The zero-order valence-corrected chi connectivity index (χ0v) is 18.3. The summed E-state index contributed by atoms with van der Waals surface area (Å²) in [5.41, 5.74) is 1.75. The lowest BCUT2D eigenvalue weighted by Crippen LogP contribution is -2.50. The Kier molecular flexibility index (Phi) is 6.93. The summed E-state index contributed by atoms with van der Waals surface area (Å²) in [4.78, 5) is 22.2. The van der Waals surface area contributed by atoms with Crippen molar-refractivity contribution in [1.82, 2.24) is 15.1 Å². The number of guanidine groups is 1. The molecule has 1 aliphatic carbocycles. The van der Waals surface area contributed by atoms with Crippen molar-refractivity contribution in [3.63, 3.8) is 0 Å². The molecule has 164 valence electrons. The minimum absolute atomic E-state index is 0.148. The molecule has 1 aromatic carbocycles. The molecule has 0 atom stereocenters. The fourth-order valence-electron chi connectivity index (χ4n) is 4.65. The van der Waals surface area contributed by atoms with Crippen LogP contribution >= 0.6 is 0 Å². The van der Waals surface area contributed by atoms with E-state index >= 15 is 0 Å². The summed E-state index contributed by atoms with van der Waals surface area (Å²) in [6.45, 7) is 8.52. The van der Waals surface area contributed by atoms with Crippen LogP contribution in [0.1, 0.15) is 38.2 Å². The summed E-state index contributed by atoms with van der Waals surface area (Å²) in [5.74, 6) is 1.49. The largest absolute Gasteiger partial charge is 0.378 e. The molecule has 0 bridgehead atoms. The van der Waals surface area contributed by atoms with Crippen LogP contribution in [-0.4, -0.2) is 74.1 Å². The molecule has 2 saturated heterocycles. The number of rotatable bonds is 6. The molecule has 1 N–H and O–H groups in total. The number of aliphatic imine (C=N–C) groups is 1. The van der Waals surface area contributed by atoms with Crippen LogP contribution in [0.4, 0.5) is 0 Å². The lowest BCUT2D eigenvalue weighted by molar-refractivity contribution is -0.140. The Morgan fingerprint density at radius 3 is 2.43 bits per heavy atom. The standard InChI is InChI=1S/C24H36N4O2/c1-2-25-23(26-19-24(10-11-24)18-20-6-4-3-5-7-20)28-12-8-21(9-13-28)22(29)27-14-16-30-17-15-27/h3-7,21H,2,8-19H2,1H3,(H,25,26). The van der Waals surface area contributed by atoms with Crippen LogP contribution in [0.3, 0.4) is 0 Å². The molecule has 0 aromatic heterocycles. The van der Waals surface area contributed by atoms with Crippen molar-refractivity contribution in [2.24, 2.45) is 16.3 Å². The Morgan fingerprint density at radius 1 is 1.10 bits per heavy atom. The quantitative estimate of drug-likeness (QED) is 0.576. The number of benzene rings is 1. The van der Waals surface area contributed by atoms with E-state index in [1.165, 1.54) is 18.4 Å². The summed E-state index contributed by atoms with van der Waals surface area (Å²) in [5, 5.41) is 3.49. The summed E-state index contributed by atoms with van der Waals surface area (Å²) in [6, 6.07) is 10.8. The van der Waals surface area contributed by atoms with E-state index in [2.05, 4.69) is 47.5 Å². The number of hydrogen-bond acceptors (Lipinski definition) is 3. The summed E-state index contributed by atoms with van der Waals surface area (Å²) >= 11 is 0. The second-order valence-electron chi connectivity index (χ2n) is 9.03. The van der Waals surface area contributed by atoms with Gasteiger partial charge < -0.3 is 19.9 Å². The third-order valence-corrected chi connectivity index (χ3v) is 6.74. The Labute approximate surface area is 180 Å². The maximum Gasteiger partial charge on any atom is 0.225 e. The number of carbonyl (C=O) groups is 1. The lowest BCUT2D eigenvalue weighted by atomic mass is 9.95. The van der Waals surface area contributed by atoms with Crippen LogP contribution in [0, 0.1) is 11.3 Å². The van der Waals surface area contributed by atoms with E-state index in [1.807, 2.05) is 4.90 Å². The van der Waals surface area contributed by atoms with Crippen LogP contribution < -0.4 is 5.32 Å². The molecule has 2 aliphatic heterocycles. The van der Waals surface area contributed by atoms with Gasteiger partial charge in [0.15, 0.2) is 5.96 Å². The van der Waals surface area contributed by atoms with Crippen LogP contribution in [0.25, 0.3) is 0 Å². The van der Waals surface area contributed by atoms with Crippen LogP contribution in [0.5, 0.6) is 0 Å². The molecule has 6 nitrogen and oxygen atoms in total. The third-order valence-electron chi connectivity index (χ3n) is 6.74. The fraction of sp³-hybridized carbons (Fsp3) is 0.667. The minimum Gasteiger partial charge on any atom is -0.378 e. The molecule has 0 unspecified atom stereocenters. The monoisotopic (exact) mass is 412 g/mol. The smallest absolute Gasteiger partial charge is 0.225 e. The molecule has 1 aromatic rings. The van der Waals surface area contributed by atoms with Gasteiger partial charge in [-0.15, -0.1) is 0 Å². The van der Waals surface area contributed by atoms with E-state index in [1.54, 1.807) is 0 Å². The number of morpholine rings is 1. The Balaban J connectivity index is 1.31. The van der Waals surface area contributed by atoms with Gasteiger partial charge in [0, 0.05) is 45.2 Å². The Morgan fingerprint density at radius 2 is 1.80 bits per heavy atom. The van der Waals surface area contributed by atoms with Crippen molar-refractivity contribution in [1.29, 1.82) is 0 Å². The van der Waals surface area contributed by atoms with Gasteiger partial charge in [-0.25, -0.2) is 0 Å². The zero-order chi connectivity index (χ0) is 20.8. The highest BCUT2D eigenvalue weighted by Gasteiger charge is 2.42. The number of ether oxygens (including phenoxy) is 1. The SMILES string of the molecule is CCNC(=NCC1(Cc2ccccc2)CC1)N1CCC(C(=O)N2CCOCC2)CC1. The minimum atomic E-state index is 0.148. The zero-order valence-electron chi connectivity index (χ0n) is 18.3. The lowest BCUT2D eigenvalue weighted by Gasteiger charge is -2.37. The van der Waals surface area contributed by atoms with Gasteiger partial charge in [-0.3, -0.25) is 9.79 Å². The molecule has 6 heteroatoms. The highest BCUT2D eigenvalue weighted by molar-refractivity contribution is 5.82. The first kappa shape index (κ1) is 21.2. The predicted octanol–water partition coefficient (Wildman–Crippen LogP) is 2.55. The van der Waals surface area contributed by atoms with Crippen LogP contribution in [0.2, 0.25) is 0 Å². The second kappa shape index (κ2) is 9.82. The summed E-state index contributed by atoms with van der Waals surface area (Å²) < 4.78 is 5.38. The van der Waals surface area contributed by atoms with Crippen molar-refractivity contribution in [3.05, 3.63) is 35.9 Å². The average Bonchev–Trinajstić information content (AvgIpc) is 3.57. The van der Waals surface area contributed by atoms with Gasteiger partial charge in [-0.05, 0) is 50.0 Å². The highest BCUT2D eigenvalue weighted by Crippen LogP contribution is 2.48. The first-order valence-electron chi connectivity index (χ1n) is 11.6. The molecule has 0 radical (unpaired) electrons. The number of piperidine rings is 1. The van der Waals surface area contributed by atoms with Crippen molar-refractivity contribution < 1.29 is 9.53 Å². The normalized spacial score (nSPS) is 22.1. The van der Waals surface area contributed by atoms with Gasteiger partial charge in [0.1, 0.15) is 0 Å². The van der Waals surface area contributed by atoms with Gasteiger partial charge in [-0.2, -0.15) is 0 Å². The van der Waals surface area contributed by atoms with Gasteiger partial charge in [-0.1, -0.05) is 30.3 Å². The number of nitrogens with zero attached hydrogens (tertiary/aromatic N) is 3. The first-order chi connectivity index (χ1) is 14.7. The topological polar surface area (TPSA) is 57.2 Å². The Hall–Kier alpha value is -2.08. The van der Waals surface area contributed by atoms with Crippen molar-refractivity contribution >= 4 is 11.9 Å². The number of amides is 1. The van der Waals surface area contributed by atoms with Crippen LogP contribution in [-0.2, 0) is 16.0 Å².